The van der Waals surface area contributed by atoms with E-state index in [0.29, 0.717) is 22.5 Å². The minimum atomic E-state index is 0.430. The SMILES string of the molecule is Nc1conc1-c1ccccc1C=O. The highest BCUT2D eigenvalue weighted by Crippen LogP contribution is 2.25. The van der Waals surface area contributed by atoms with Gasteiger partial charge in [0.05, 0.1) is 0 Å². The van der Waals surface area contributed by atoms with Crippen molar-refractivity contribution in [2.75, 3.05) is 5.73 Å². The van der Waals surface area contributed by atoms with Gasteiger partial charge in [0.25, 0.3) is 0 Å². The van der Waals surface area contributed by atoms with Gasteiger partial charge in [0, 0.05) is 11.1 Å². The van der Waals surface area contributed by atoms with Gasteiger partial charge in [-0.1, -0.05) is 29.4 Å². The third-order valence-corrected chi connectivity index (χ3v) is 1.94. The normalized spacial score (nSPS) is 10.0. The fourth-order valence-corrected chi connectivity index (χ4v) is 1.26. The first kappa shape index (κ1) is 8.50. The van der Waals surface area contributed by atoms with Crippen molar-refractivity contribution >= 4 is 12.0 Å². The molecule has 2 N–H and O–H groups in total. The maximum atomic E-state index is 10.7. The Morgan fingerprint density at radius 2 is 2.14 bits per heavy atom. The van der Waals surface area contributed by atoms with Crippen LogP contribution < -0.4 is 5.73 Å². The zero-order valence-electron chi connectivity index (χ0n) is 7.31. The molecule has 0 amide bonds. The summed E-state index contributed by atoms with van der Waals surface area (Å²) >= 11 is 0. The zero-order valence-corrected chi connectivity index (χ0v) is 7.31. The van der Waals surface area contributed by atoms with Crippen molar-refractivity contribution in [1.29, 1.82) is 0 Å². The molecule has 0 saturated heterocycles. The maximum Gasteiger partial charge on any atom is 0.150 e. The van der Waals surface area contributed by atoms with Gasteiger partial charge in [0.1, 0.15) is 17.6 Å². The van der Waals surface area contributed by atoms with Crippen molar-refractivity contribution in [3.8, 4) is 11.3 Å². The molecule has 2 aromatic rings. The van der Waals surface area contributed by atoms with E-state index in [1.54, 1.807) is 18.2 Å². The van der Waals surface area contributed by atoms with Crippen molar-refractivity contribution < 1.29 is 9.32 Å². The summed E-state index contributed by atoms with van der Waals surface area (Å²) in [7, 11) is 0. The number of hydrogen-bond donors (Lipinski definition) is 1. The quantitative estimate of drug-likeness (QED) is 0.728. The number of carbonyl (C=O) groups is 1. The first-order chi connectivity index (χ1) is 6.83. The van der Waals surface area contributed by atoms with E-state index in [0.717, 1.165) is 6.29 Å². The van der Waals surface area contributed by atoms with E-state index in [1.165, 1.54) is 6.26 Å². The zero-order chi connectivity index (χ0) is 9.97. The van der Waals surface area contributed by atoms with Gasteiger partial charge in [-0.05, 0) is 0 Å². The fraction of sp³-hybridized carbons (Fsp3) is 0. The molecule has 0 radical (unpaired) electrons. The molecule has 0 aliphatic carbocycles. The minimum absolute atomic E-state index is 0.430. The second-order valence-corrected chi connectivity index (χ2v) is 2.82. The van der Waals surface area contributed by atoms with Gasteiger partial charge in [-0.15, -0.1) is 0 Å². The fourth-order valence-electron chi connectivity index (χ4n) is 1.26. The molecule has 0 bridgehead atoms. The first-order valence-corrected chi connectivity index (χ1v) is 4.07. The molecule has 2 rings (SSSR count). The number of rotatable bonds is 2. The number of aromatic nitrogens is 1. The van der Waals surface area contributed by atoms with Crippen LogP contribution in [0.5, 0.6) is 0 Å². The van der Waals surface area contributed by atoms with E-state index in [4.69, 9.17) is 10.3 Å². The molecule has 1 aromatic carbocycles. The summed E-state index contributed by atoms with van der Waals surface area (Å²) < 4.78 is 4.71. The molecule has 14 heavy (non-hydrogen) atoms. The van der Waals surface area contributed by atoms with Crippen molar-refractivity contribution in [2.24, 2.45) is 0 Å². The Bertz CT molecular complexity index is 463. The number of nitrogens with two attached hydrogens (primary N) is 1. The second kappa shape index (κ2) is 3.33. The van der Waals surface area contributed by atoms with Gasteiger partial charge in [-0.3, -0.25) is 4.79 Å². The minimum Gasteiger partial charge on any atom is -0.394 e. The summed E-state index contributed by atoms with van der Waals surface area (Å²) in [6.07, 6.45) is 2.11. The first-order valence-electron chi connectivity index (χ1n) is 4.07. The van der Waals surface area contributed by atoms with Crippen LogP contribution in [-0.2, 0) is 0 Å². The van der Waals surface area contributed by atoms with Crippen LogP contribution in [0.1, 0.15) is 10.4 Å². The average molecular weight is 188 g/mol. The summed E-state index contributed by atoms with van der Waals surface area (Å²) in [4.78, 5) is 10.7. The van der Waals surface area contributed by atoms with Gasteiger partial charge < -0.3 is 10.3 Å². The third kappa shape index (κ3) is 1.26. The van der Waals surface area contributed by atoms with E-state index >= 15 is 0 Å². The Kier molecular flexibility index (Phi) is 2.02. The van der Waals surface area contributed by atoms with Crippen LogP contribution in [0.2, 0.25) is 0 Å². The second-order valence-electron chi connectivity index (χ2n) is 2.82. The lowest BCUT2D eigenvalue weighted by atomic mass is 10.1. The predicted octanol–water partition coefficient (Wildman–Crippen LogP) is 1.74. The van der Waals surface area contributed by atoms with Crippen LogP contribution in [-0.4, -0.2) is 11.4 Å². The van der Waals surface area contributed by atoms with Crippen LogP contribution in [0.15, 0.2) is 35.1 Å². The molecule has 0 aliphatic rings. The molecule has 0 fully saturated rings. The van der Waals surface area contributed by atoms with E-state index in [-0.39, 0.29) is 0 Å². The van der Waals surface area contributed by atoms with Crippen LogP contribution in [0.4, 0.5) is 5.69 Å². The van der Waals surface area contributed by atoms with E-state index in [2.05, 4.69) is 5.16 Å². The lowest BCUT2D eigenvalue weighted by Gasteiger charge is -1.99. The number of aldehydes is 1. The molecule has 4 heteroatoms. The highest BCUT2D eigenvalue weighted by Gasteiger charge is 2.10. The molecular formula is C10H8N2O2. The van der Waals surface area contributed by atoms with Gasteiger partial charge in [0.15, 0.2) is 6.29 Å². The Hall–Kier alpha value is -2.10. The molecule has 4 nitrogen and oxygen atoms in total. The summed E-state index contributed by atoms with van der Waals surface area (Å²) in [5.41, 5.74) is 7.80. The van der Waals surface area contributed by atoms with E-state index in [1.807, 2.05) is 6.07 Å². The molecule has 0 spiro atoms. The maximum absolute atomic E-state index is 10.7. The van der Waals surface area contributed by atoms with Gasteiger partial charge in [0.2, 0.25) is 0 Å². The van der Waals surface area contributed by atoms with Gasteiger partial charge in [-0.25, -0.2) is 0 Å². The number of nitrogen functional groups attached to an aromatic ring is 1. The Morgan fingerprint density at radius 3 is 2.79 bits per heavy atom. The molecule has 70 valence electrons. The summed E-state index contributed by atoms with van der Waals surface area (Å²) in [5, 5.41) is 3.74. The summed E-state index contributed by atoms with van der Waals surface area (Å²) in [5.74, 6) is 0. The number of carbonyl (C=O) groups excluding carboxylic acids is 1. The number of benzene rings is 1. The van der Waals surface area contributed by atoms with Crippen LogP contribution >= 0.6 is 0 Å². The van der Waals surface area contributed by atoms with Crippen LogP contribution in [0.25, 0.3) is 11.3 Å². The van der Waals surface area contributed by atoms with Gasteiger partial charge in [-0.2, -0.15) is 0 Å². The number of hydrogen-bond acceptors (Lipinski definition) is 4. The summed E-state index contributed by atoms with van der Waals surface area (Å²) in [6, 6.07) is 7.08. The molecule has 1 heterocycles. The molecule has 0 saturated carbocycles. The van der Waals surface area contributed by atoms with Gasteiger partial charge >= 0.3 is 0 Å². The number of anilines is 1. The summed E-state index contributed by atoms with van der Waals surface area (Å²) in [6.45, 7) is 0. The Balaban J connectivity index is 2.62. The standard InChI is InChI=1S/C10H8N2O2/c11-9-6-14-12-10(9)8-4-2-1-3-7(8)5-13/h1-6H,11H2. The Labute approximate surface area is 80.3 Å². The molecule has 1 aromatic heterocycles. The molecule has 0 unspecified atom stereocenters. The topological polar surface area (TPSA) is 69.1 Å². The predicted molar refractivity (Wildman–Crippen MR) is 51.7 cm³/mol. The van der Waals surface area contributed by atoms with E-state index in [9.17, 15) is 4.79 Å². The van der Waals surface area contributed by atoms with Crippen LogP contribution in [0.3, 0.4) is 0 Å². The Morgan fingerprint density at radius 1 is 1.36 bits per heavy atom. The lowest BCUT2D eigenvalue weighted by molar-refractivity contribution is 0.112. The van der Waals surface area contributed by atoms with Crippen LogP contribution in [0, 0.1) is 0 Å². The van der Waals surface area contributed by atoms with Crippen molar-refractivity contribution in [3.05, 3.63) is 36.1 Å². The van der Waals surface area contributed by atoms with E-state index < -0.39 is 0 Å². The number of nitrogens with zero attached hydrogens (tertiary/aromatic N) is 1. The van der Waals surface area contributed by atoms with Crippen molar-refractivity contribution in [2.45, 2.75) is 0 Å². The molecule has 0 aliphatic heterocycles. The largest absolute Gasteiger partial charge is 0.394 e. The highest BCUT2D eigenvalue weighted by atomic mass is 16.5. The lowest BCUT2D eigenvalue weighted by Crippen LogP contribution is -1.91. The monoisotopic (exact) mass is 188 g/mol. The molecular weight excluding hydrogens is 180 g/mol. The third-order valence-electron chi connectivity index (χ3n) is 1.94. The molecule has 0 atom stereocenters. The van der Waals surface area contributed by atoms with Crippen molar-refractivity contribution in [1.82, 2.24) is 5.16 Å². The highest BCUT2D eigenvalue weighted by molar-refractivity contribution is 5.89. The average Bonchev–Trinajstić information content (AvgIpc) is 2.64. The smallest absolute Gasteiger partial charge is 0.150 e. The van der Waals surface area contributed by atoms with Crippen molar-refractivity contribution in [3.63, 3.8) is 0 Å².